The highest BCUT2D eigenvalue weighted by Crippen LogP contribution is 2.10. The zero-order chi connectivity index (χ0) is 11.4. The van der Waals surface area contributed by atoms with Crippen LogP contribution in [0.15, 0.2) is 0 Å². The van der Waals surface area contributed by atoms with Crippen molar-refractivity contribution in [3.63, 3.8) is 0 Å². The molecule has 84 valence electrons. The second-order valence-corrected chi connectivity index (χ2v) is 4.53. The highest BCUT2D eigenvalue weighted by Gasteiger charge is 2.24. The van der Waals surface area contributed by atoms with Gasteiger partial charge in [0.25, 0.3) is 0 Å². The van der Waals surface area contributed by atoms with Gasteiger partial charge in [-0.1, -0.05) is 6.92 Å². The third-order valence-electron chi connectivity index (χ3n) is 1.92. The molecular formula is C10H20ClNO2. The summed E-state index contributed by atoms with van der Waals surface area (Å²) in [6.45, 7) is 8.02. The fourth-order valence-electron chi connectivity index (χ4n) is 1.19. The lowest BCUT2D eigenvalue weighted by atomic mass is 10.1. The van der Waals surface area contributed by atoms with E-state index in [-0.39, 0.29) is 11.8 Å². The molecule has 0 aliphatic rings. The van der Waals surface area contributed by atoms with Crippen molar-refractivity contribution in [2.45, 2.75) is 33.3 Å². The maximum absolute atomic E-state index is 11.7. The summed E-state index contributed by atoms with van der Waals surface area (Å²) in [7, 11) is 0. The molecule has 0 saturated heterocycles. The number of carbonyl (C=O) groups is 1. The van der Waals surface area contributed by atoms with Crippen molar-refractivity contribution in [3.05, 3.63) is 0 Å². The Hall–Kier alpha value is -0.280. The van der Waals surface area contributed by atoms with Crippen LogP contribution in [0.4, 0.5) is 0 Å². The number of halogens is 1. The molecule has 0 saturated carbocycles. The molecule has 0 bridgehead atoms. The molecule has 14 heavy (non-hydrogen) atoms. The molecule has 0 spiro atoms. The van der Waals surface area contributed by atoms with E-state index in [2.05, 4.69) is 0 Å². The van der Waals surface area contributed by atoms with Crippen LogP contribution in [-0.2, 0) is 4.79 Å². The van der Waals surface area contributed by atoms with Gasteiger partial charge in [-0.05, 0) is 20.8 Å². The van der Waals surface area contributed by atoms with E-state index < -0.39 is 5.60 Å². The van der Waals surface area contributed by atoms with Crippen LogP contribution in [0.5, 0.6) is 0 Å². The number of hydrogen-bond donors (Lipinski definition) is 1. The summed E-state index contributed by atoms with van der Waals surface area (Å²) in [5, 5.41) is 9.60. The molecule has 4 heteroatoms. The second-order valence-electron chi connectivity index (χ2n) is 4.22. The van der Waals surface area contributed by atoms with Gasteiger partial charge in [-0.25, -0.2) is 0 Å². The molecule has 1 atom stereocenters. The SMILES string of the molecule is CCN(CC(C)(C)O)C(=O)C(C)CCl. The van der Waals surface area contributed by atoms with Crippen molar-refractivity contribution in [2.24, 2.45) is 5.92 Å². The minimum Gasteiger partial charge on any atom is -0.389 e. The van der Waals surface area contributed by atoms with Crippen LogP contribution in [0.1, 0.15) is 27.7 Å². The summed E-state index contributed by atoms with van der Waals surface area (Å²) in [6, 6.07) is 0. The molecule has 1 amide bonds. The van der Waals surface area contributed by atoms with Gasteiger partial charge in [-0.15, -0.1) is 11.6 Å². The average molecular weight is 222 g/mol. The Kier molecular flexibility index (Phi) is 5.45. The Labute approximate surface area is 91.0 Å². The first kappa shape index (κ1) is 13.7. The van der Waals surface area contributed by atoms with Gasteiger partial charge in [0.15, 0.2) is 0 Å². The quantitative estimate of drug-likeness (QED) is 0.715. The summed E-state index contributed by atoms with van der Waals surface area (Å²) < 4.78 is 0. The van der Waals surface area contributed by atoms with E-state index in [4.69, 9.17) is 11.6 Å². The molecule has 0 aromatic heterocycles. The molecule has 0 aromatic rings. The van der Waals surface area contributed by atoms with Gasteiger partial charge < -0.3 is 10.0 Å². The minimum absolute atomic E-state index is 0.00428. The van der Waals surface area contributed by atoms with E-state index in [0.29, 0.717) is 19.0 Å². The fraction of sp³-hybridized carbons (Fsp3) is 0.900. The summed E-state index contributed by atoms with van der Waals surface area (Å²) in [5.41, 5.74) is -0.850. The zero-order valence-electron chi connectivity index (χ0n) is 9.38. The Morgan fingerprint density at radius 2 is 2.07 bits per heavy atom. The summed E-state index contributed by atoms with van der Waals surface area (Å²) >= 11 is 5.61. The molecule has 0 rings (SSSR count). The van der Waals surface area contributed by atoms with Gasteiger partial charge in [0.05, 0.1) is 5.60 Å². The van der Waals surface area contributed by atoms with Gasteiger partial charge in [-0.2, -0.15) is 0 Å². The predicted octanol–water partition coefficient (Wildman–Crippen LogP) is 1.48. The maximum Gasteiger partial charge on any atom is 0.226 e. The standard InChI is InChI=1S/C10H20ClNO2/c1-5-12(7-10(3,4)14)9(13)8(2)6-11/h8,14H,5-7H2,1-4H3. The van der Waals surface area contributed by atoms with Crippen molar-refractivity contribution in [3.8, 4) is 0 Å². The second kappa shape index (κ2) is 5.56. The lowest BCUT2D eigenvalue weighted by Crippen LogP contribution is -2.44. The van der Waals surface area contributed by atoms with Gasteiger partial charge in [-0.3, -0.25) is 4.79 Å². The molecule has 1 N–H and O–H groups in total. The topological polar surface area (TPSA) is 40.5 Å². The van der Waals surface area contributed by atoms with Crippen LogP contribution < -0.4 is 0 Å². The predicted molar refractivity (Wildman–Crippen MR) is 58.4 cm³/mol. The van der Waals surface area contributed by atoms with Gasteiger partial charge >= 0.3 is 0 Å². The summed E-state index contributed by atoms with van der Waals surface area (Å²) in [4.78, 5) is 13.3. The number of aliphatic hydroxyl groups is 1. The molecule has 0 fully saturated rings. The Balaban J connectivity index is 4.34. The third-order valence-corrected chi connectivity index (χ3v) is 2.39. The van der Waals surface area contributed by atoms with E-state index in [9.17, 15) is 9.90 Å². The smallest absolute Gasteiger partial charge is 0.226 e. The highest BCUT2D eigenvalue weighted by molar-refractivity contribution is 6.19. The zero-order valence-corrected chi connectivity index (χ0v) is 10.1. The third kappa shape index (κ3) is 4.82. The molecule has 1 unspecified atom stereocenters. The van der Waals surface area contributed by atoms with Crippen LogP contribution >= 0.6 is 11.6 Å². The molecule has 0 aliphatic heterocycles. The first-order chi connectivity index (χ1) is 6.31. The highest BCUT2D eigenvalue weighted by atomic mass is 35.5. The lowest BCUT2D eigenvalue weighted by Gasteiger charge is -2.29. The molecule has 0 radical (unpaired) electrons. The van der Waals surface area contributed by atoms with Crippen molar-refractivity contribution in [1.29, 1.82) is 0 Å². The number of nitrogens with zero attached hydrogens (tertiary/aromatic N) is 1. The first-order valence-corrected chi connectivity index (χ1v) is 5.42. The Bertz CT molecular complexity index is 189. The molecule has 0 aliphatic carbocycles. The van der Waals surface area contributed by atoms with Gasteiger partial charge in [0.1, 0.15) is 0 Å². The van der Waals surface area contributed by atoms with Crippen LogP contribution in [0, 0.1) is 5.92 Å². The van der Waals surface area contributed by atoms with Crippen LogP contribution in [-0.4, -0.2) is 40.5 Å². The number of hydrogen-bond acceptors (Lipinski definition) is 2. The van der Waals surface area contributed by atoms with E-state index >= 15 is 0 Å². The van der Waals surface area contributed by atoms with E-state index in [1.54, 1.807) is 25.7 Å². The Morgan fingerprint density at radius 1 is 1.57 bits per heavy atom. The van der Waals surface area contributed by atoms with Crippen molar-refractivity contribution in [2.75, 3.05) is 19.0 Å². The van der Waals surface area contributed by atoms with Crippen LogP contribution in [0.2, 0.25) is 0 Å². The van der Waals surface area contributed by atoms with Crippen molar-refractivity contribution < 1.29 is 9.90 Å². The largest absolute Gasteiger partial charge is 0.389 e. The molecule has 0 heterocycles. The van der Waals surface area contributed by atoms with E-state index in [1.807, 2.05) is 6.92 Å². The normalized spacial score (nSPS) is 13.9. The molecular weight excluding hydrogens is 202 g/mol. The number of amides is 1. The van der Waals surface area contributed by atoms with Gasteiger partial charge in [0.2, 0.25) is 5.91 Å². The van der Waals surface area contributed by atoms with Crippen molar-refractivity contribution in [1.82, 2.24) is 4.90 Å². The molecule has 0 aromatic carbocycles. The monoisotopic (exact) mass is 221 g/mol. The number of alkyl halides is 1. The molecule has 3 nitrogen and oxygen atoms in total. The number of likely N-dealkylation sites (N-methyl/N-ethyl adjacent to an activating group) is 1. The Morgan fingerprint density at radius 3 is 2.36 bits per heavy atom. The van der Waals surface area contributed by atoms with E-state index in [0.717, 1.165) is 0 Å². The van der Waals surface area contributed by atoms with Gasteiger partial charge in [0, 0.05) is 24.9 Å². The van der Waals surface area contributed by atoms with Crippen molar-refractivity contribution >= 4 is 17.5 Å². The average Bonchev–Trinajstić information content (AvgIpc) is 2.10. The lowest BCUT2D eigenvalue weighted by molar-refractivity contribution is -0.137. The van der Waals surface area contributed by atoms with Crippen LogP contribution in [0.3, 0.4) is 0 Å². The number of carbonyl (C=O) groups excluding carboxylic acids is 1. The summed E-state index contributed by atoms with van der Waals surface area (Å²) in [6.07, 6.45) is 0. The summed E-state index contributed by atoms with van der Waals surface area (Å²) in [5.74, 6) is 0.143. The number of rotatable bonds is 5. The fourth-order valence-corrected chi connectivity index (χ4v) is 1.32. The minimum atomic E-state index is -0.850. The first-order valence-electron chi connectivity index (χ1n) is 4.89. The maximum atomic E-state index is 11.7. The van der Waals surface area contributed by atoms with Crippen LogP contribution in [0.25, 0.3) is 0 Å². The van der Waals surface area contributed by atoms with E-state index in [1.165, 1.54) is 0 Å².